The van der Waals surface area contributed by atoms with E-state index in [9.17, 15) is 4.79 Å². The average Bonchev–Trinajstić information content (AvgIpc) is 3.13. The third-order valence-corrected chi connectivity index (χ3v) is 5.14. The van der Waals surface area contributed by atoms with Gasteiger partial charge < -0.3 is 9.73 Å². The van der Waals surface area contributed by atoms with Crippen molar-refractivity contribution in [1.82, 2.24) is 15.5 Å². The first-order valence-corrected chi connectivity index (χ1v) is 8.47. The summed E-state index contributed by atoms with van der Waals surface area (Å²) in [7, 11) is 0. The van der Waals surface area contributed by atoms with Crippen molar-refractivity contribution in [1.29, 1.82) is 0 Å². The predicted molar refractivity (Wildman–Crippen MR) is 76.4 cm³/mol. The molecule has 3 rings (SSSR count). The highest BCUT2D eigenvalue weighted by molar-refractivity contribution is 7.99. The number of fused-ring (bicyclic) bond motifs is 2. The second-order valence-electron chi connectivity index (χ2n) is 5.85. The van der Waals surface area contributed by atoms with E-state index in [4.69, 9.17) is 4.42 Å². The van der Waals surface area contributed by atoms with Crippen LogP contribution in [0.2, 0.25) is 0 Å². The van der Waals surface area contributed by atoms with Crippen molar-refractivity contribution in [3.8, 4) is 0 Å². The van der Waals surface area contributed by atoms with E-state index < -0.39 is 0 Å². The van der Waals surface area contributed by atoms with Crippen LogP contribution >= 0.6 is 11.8 Å². The maximum absolute atomic E-state index is 12.0. The van der Waals surface area contributed by atoms with Gasteiger partial charge in [-0.05, 0) is 37.5 Å². The first-order valence-electron chi connectivity index (χ1n) is 7.49. The van der Waals surface area contributed by atoms with Gasteiger partial charge in [-0.3, -0.25) is 4.79 Å². The summed E-state index contributed by atoms with van der Waals surface area (Å²) in [5.41, 5.74) is 0. The Balaban J connectivity index is 1.42. The van der Waals surface area contributed by atoms with Crippen LogP contribution in [0, 0.1) is 11.8 Å². The summed E-state index contributed by atoms with van der Waals surface area (Å²) in [4.78, 5) is 12.0. The molecule has 1 aromatic rings. The van der Waals surface area contributed by atoms with Gasteiger partial charge in [-0.15, -0.1) is 10.2 Å². The summed E-state index contributed by atoms with van der Waals surface area (Å²) in [5, 5.41) is 11.6. The molecule has 1 aromatic heterocycles. The molecule has 2 aliphatic rings. The fourth-order valence-electron chi connectivity index (χ4n) is 3.41. The van der Waals surface area contributed by atoms with Crippen LogP contribution in [0.25, 0.3) is 0 Å². The molecule has 110 valence electrons. The van der Waals surface area contributed by atoms with E-state index in [1.165, 1.54) is 37.4 Å². The predicted octanol–water partition coefficient (Wildman–Crippen LogP) is 2.42. The molecule has 1 amide bonds. The number of rotatable bonds is 6. The molecule has 2 saturated carbocycles. The van der Waals surface area contributed by atoms with E-state index in [1.54, 1.807) is 0 Å². The average molecular weight is 295 g/mol. The number of aromatic nitrogens is 2. The molecule has 2 bridgehead atoms. The molecule has 0 aliphatic heterocycles. The van der Waals surface area contributed by atoms with Gasteiger partial charge >= 0.3 is 0 Å². The summed E-state index contributed by atoms with van der Waals surface area (Å²) in [5.74, 6) is 2.67. The van der Waals surface area contributed by atoms with E-state index >= 15 is 0 Å². The molecule has 3 atom stereocenters. The molecule has 0 spiro atoms. The first kappa shape index (κ1) is 13.9. The van der Waals surface area contributed by atoms with E-state index in [2.05, 4.69) is 22.4 Å². The van der Waals surface area contributed by atoms with Gasteiger partial charge in [-0.2, -0.15) is 0 Å². The van der Waals surface area contributed by atoms with E-state index in [0.717, 1.165) is 18.8 Å². The van der Waals surface area contributed by atoms with Crippen LogP contribution in [-0.2, 0) is 11.2 Å². The van der Waals surface area contributed by atoms with Crippen molar-refractivity contribution in [2.45, 2.75) is 56.7 Å². The number of amides is 1. The van der Waals surface area contributed by atoms with Crippen molar-refractivity contribution in [3.05, 3.63) is 5.89 Å². The number of aryl methyl sites for hydroxylation is 1. The van der Waals surface area contributed by atoms with Gasteiger partial charge in [0.05, 0.1) is 5.75 Å². The Labute approximate surface area is 123 Å². The number of thioether (sulfide) groups is 1. The van der Waals surface area contributed by atoms with E-state index in [-0.39, 0.29) is 5.91 Å². The highest BCUT2D eigenvalue weighted by Gasteiger charge is 2.39. The lowest BCUT2D eigenvalue weighted by molar-refractivity contribution is -0.119. The molecular formula is C14H21N3O2S. The number of hydrogen-bond donors (Lipinski definition) is 1. The molecule has 6 heteroatoms. The molecule has 3 unspecified atom stereocenters. The Morgan fingerprint density at radius 2 is 2.30 bits per heavy atom. The van der Waals surface area contributed by atoms with Gasteiger partial charge in [0.2, 0.25) is 11.8 Å². The molecular weight excluding hydrogens is 274 g/mol. The molecule has 0 aromatic carbocycles. The number of carbonyl (C=O) groups excluding carboxylic acids is 1. The topological polar surface area (TPSA) is 68.0 Å². The second-order valence-corrected chi connectivity index (χ2v) is 6.78. The Bertz CT molecular complexity index is 477. The molecule has 2 aliphatic carbocycles. The van der Waals surface area contributed by atoms with Crippen molar-refractivity contribution in [2.24, 2.45) is 11.8 Å². The summed E-state index contributed by atoms with van der Waals surface area (Å²) in [6, 6.07) is 0.403. The maximum Gasteiger partial charge on any atom is 0.277 e. The second kappa shape index (κ2) is 6.16. The zero-order valence-electron chi connectivity index (χ0n) is 11.8. The van der Waals surface area contributed by atoms with Crippen LogP contribution in [-0.4, -0.2) is 27.9 Å². The lowest BCUT2D eigenvalue weighted by atomic mass is 9.95. The monoisotopic (exact) mass is 295 g/mol. The Hall–Kier alpha value is -1.04. The zero-order valence-corrected chi connectivity index (χ0v) is 12.6. The number of hydrogen-bond acceptors (Lipinski definition) is 5. The van der Waals surface area contributed by atoms with Gasteiger partial charge in [0.25, 0.3) is 5.22 Å². The van der Waals surface area contributed by atoms with Gasteiger partial charge in [-0.25, -0.2) is 0 Å². The summed E-state index contributed by atoms with van der Waals surface area (Å²) in [6.07, 6.45) is 6.90. The largest absolute Gasteiger partial charge is 0.416 e. The minimum atomic E-state index is 0.0859. The number of nitrogens with zero attached hydrogens (tertiary/aromatic N) is 2. The van der Waals surface area contributed by atoms with Gasteiger partial charge in [-0.1, -0.05) is 25.1 Å². The molecule has 20 heavy (non-hydrogen) atoms. The fraction of sp³-hybridized carbons (Fsp3) is 0.786. The fourth-order valence-corrected chi connectivity index (χ4v) is 4.00. The van der Waals surface area contributed by atoms with Crippen LogP contribution in [0.4, 0.5) is 0 Å². The minimum absolute atomic E-state index is 0.0859. The Morgan fingerprint density at radius 3 is 3.00 bits per heavy atom. The van der Waals surface area contributed by atoms with Gasteiger partial charge in [0.1, 0.15) is 0 Å². The van der Waals surface area contributed by atoms with Crippen molar-refractivity contribution >= 4 is 17.7 Å². The van der Waals surface area contributed by atoms with Gasteiger partial charge in [0, 0.05) is 12.5 Å². The van der Waals surface area contributed by atoms with Crippen molar-refractivity contribution in [2.75, 3.05) is 5.75 Å². The van der Waals surface area contributed by atoms with Crippen LogP contribution < -0.4 is 5.32 Å². The molecule has 5 nitrogen and oxygen atoms in total. The summed E-state index contributed by atoms with van der Waals surface area (Å²) < 4.78 is 5.45. The summed E-state index contributed by atoms with van der Waals surface area (Å²) >= 11 is 1.33. The molecule has 1 N–H and O–H groups in total. The minimum Gasteiger partial charge on any atom is -0.416 e. The van der Waals surface area contributed by atoms with E-state index in [0.29, 0.717) is 28.8 Å². The zero-order chi connectivity index (χ0) is 13.9. The standard InChI is InChI=1S/C14H21N3O2S/c1-2-3-13-16-17-14(19-13)20-8-12(18)15-11-7-9-4-5-10(11)6-9/h9-11H,2-8H2,1H3,(H,15,18). The highest BCUT2D eigenvalue weighted by Crippen LogP contribution is 2.44. The normalized spacial score (nSPS) is 27.9. The third kappa shape index (κ3) is 3.16. The quantitative estimate of drug-likeness (QED) is 0.816. The Morgan fingerprint density at radius 1 is 1.40 bits per heavy atom. The van der Waals surface area contributed by atoms with Gasteiger partial charge in [0.15, 0.2) is 0 Å². The lowest BCUT2D eigenvalue weighted by Crippen LogP contribution is -2.39. The smallest absolute Gasteiger partial charge is 0.277 e. The number of carbonyl (C=O) groups is 1. The van der Waals surface area contributed by atoms with Crippen LogP contribution in [0.3, 0.4) is 0 Å². The van der Waals surface area contributed by atoms with E-state index in [1.807, 2.05) is 0 Å². The summed E-state index contributed by atoms with van der Waals surface area (Å²) in [6.45, 7) is 2.07. The van der Waals surface area contributed by atoms with Crippen molar-refractivity contribution < 1.29 is 9.21 Å². The molecule has 2 fully saturated rings. The highest BCUT2D eigenvalue weighted by atomic mass is 32.2. The van der Waals surface area contributed by atoms with Crippen molar-refractivity contribution in [3.63, 3.8) is 0 Å². The molecule has 0 radical (unpaired) electrons. The number of nitrogens with one attached hydrogen (secondary N) is 1. The third-order valence-electron chi connectivity index (χ3n) is 4.32. The maximum atomic E-state index is 12.0. The lowest BCUT2D eigenvalue weighted by Gasteiger charge is -2.22. The first-order chi connectivity index (χ1) is 9.74. The SMILES string of the molecule is CCCc1nnc(SCC(=O)NC2CC3CCC2C3)o1. The van der Waals surface area contributed by atoms with Crippen LogP contribution in [0.15, 0.2) is 9.64 Å². The molecule has 1 heterocycles. The van der Waals surface area contributed by atoms with Crippen LogP contribution in [0.5, 0.6) is 0 Å². The van der Waals surface area contributed by atoms with Crippen LogP contribution in [0.1, 0.15) is 44.9 Å². The Kier molecular flexibility index (Phi) is 4.29. The molecule has 0 saturated heterocycles.